The van der Waals surface area contributed by atoms with E-state index in [9.17, 15) is 0 Å². The Morgan fingerprint density at radius 1 is 0.339 bits per heavy atom. The molecule has 0 radical (unpaired) electrons. The van der Waals surface area contributed by atoms with Crippen molar-refractivity contribution in [1.29, 1.82) is 0 Å². The van der Waals surface area contributed by atoms with Crippen molar-refractivity contribution in [3.63, 3.8) is 0 Å². The summed E-state index contributed by atoms with van der Waals surface area (Å²) in [6, 6.07) is 78.7. The number of aromatic nitrogens is 1. The van der Waals surface area contributed by atoms with Crippen LogP contribution in [0.2, 0.25) is 0 Å². The zero-order valence-corrected chi connectivity index (χ0v) is 32.1. The van der Waals surface area contributed by atoms with Crippen LogP contribution in [0.4, 0.5) is 17.1 Å². The predicted molar refractivity (Wildman–Crippen MR) is 249 cm³/mol. The smallest absolute Gasteiger partial charge is 0.143 e. The Bertz CT molecular complexity index is 3530. The molecule has 0 aliphatic rings. The number of para-hydroxylation sites is 6. The van der Waals surface area contributed by atoms with Crippen LogP contribution < -0.4 is 4.90 Å². The molecular weight excluding hydrogens is 717 g/mol. The molecule has 3 nitrogen and oxygen atoms in total. The molecule has 0 fully saturated rings. The van der Waals surface area contributed by atoms with E-state index in [1.807, 2.05) is 0 Å². The van der Waals surface area contributed by atoms with Crippen molar-refractivity contribution in [3.8, 4) is 27.9 Å². The lowest BCUT2D eigenvalue weighted by molar-refractivity contribution is 0.674. The highest BCUT2D eigenvalue weighted by atomic mass is 16.3. The summed E-state index contributed by atoms with van der Waals surface area (Å²) < 4.78 is 9.40. The second-order valence-corrected chi connectivity index (χ2v) is 15.2. The molecule has 2 aromatic heterocycles. The van der Waals surface area contributed by atoms with Crippen LogP contribution in [-0.2, 0) is 0 Å². The normalized spacial score (nSPS) is 11.7. The van der Waals surface area contributed by atoms with Gasteiger partial charge < -0.3 is 13.9 Å². The van der Waals surface area contributed by atoms with Crippen molar-refractivity contribution in [2.75, 3.05) is 4.90 Å². The number of anilines is 3. The standard InChI is InChI=1S/C56H36N2O/c1-3-21-41-37(16-1)18-14-26-42(41)39-19-13-20-40(36-39)57(53-32-11-12-33-54(53)58-51-30-9-5-23-44(51)45-24-6-10-31-52(45)58)50-29-8-7-25-46(50)47-27-15-28-48-49-35-34-38-17-2-4-22-43(38)55(49)59-56(47)48/h1-36H. The lowest BCUT2D eigenvalue weighted by Crippen LogP contribution is -2.14. The Hall–Kier alpha value is -7.88. The first-order chi connectivity index (χ1) is 29.3. The van der Waals surface area contributed by atoms with E-state index < -0.39 is 0 Å². The quantitative estimate of drug-likeness (QED) is 0.169. The molecule has 0 atom stereocenters. The molecule has 0 spiro atoms. The van der Waals surface area contributed by atoms with Gasteiger partial charge in [-0.3, -0.25) is 0 Å². The van der Waals surface area contributed by atoms with E-state index in [1.165, 1.54) is 32.5 Å². The largest absolute Gasteiger partial charge is 0.455 e. The lowest BCUT2D eigenvalue weighted by atomic mass is 9.96. The van der Waals surface area contributed by atoms with Crippen LogP contribution in [0.1, 0.15) is 0 Å². The minimum Gasteiger partial charge on any atom is -0.455 e. The highest BCUT2D eigenvalue weighted by molar-refractivity contribution is 6.18. The molecule has 0 unspecified atom stereocenters. The van der Waals surface area contributed by atoms with E-state index in [1.54, 1.807) is 0 Å². The van der Waals surface area contributed by atoms with Gasteiger partial charge in [0.05, 0.1) is 28.1 Å². The Labute approximate surface area is 341 Å². The van der Waals surface area contributed by atoms with Gasteiger partial charge in [0.1, 0.15) is 11.2 Å². The summed E-state index contributed by atoms with van der Waals surface area (Å²) in [4.78, 5) is 2.44. The number of nitrogens with zero attached hydrogens (tertiary/aromatic N) is 2. The number of hydrogen-bond donors (Lipinski definition) is 0. The van der Waals surface area contributed by atoms with E-state index in [0.29, 0.717) is 0 Å². The van der Waals surface area contributed by atoms with Crippen LogP contribution in [0.25, 0.3) is 93.2 Å². The van der Waals surface area contributed by atoms with Crippen LogP contribution in [-0.4, -0.2) is 4.57 Å². The molecule has 59 heavy (non-hydrogen) atoms. The number of benzene rings is 10. The number of fused-ring (bicyclic) bond motifs is 9. The number of rotatable bonds is 6. The minimum absolute atomic E-state index is 0.881. The van der Waals surface area contributed by atoms with Crippen LogP contribution in [0.5, 0.6) is 0 Å². The molecule has 0 N–H and O–H groups in total. The molecule has 276 valence electrons. The van der Waals surface area contributed by atoms with Crippen molar-refractivity contribution in [3.05, 3.63) is 218 Å². The minimum atomic E-state index is 0.881. The van der Waals surface area contributed by atoms with Crippen molar-refractivity contribution in [2.24, 2.45) is 0 Å². The maximum atomic E-state index is 6.97. The Morgan fingerprint density at radius 3 is 1.69 bits per heavy atom. The molecule has 0 saturated carbocycles. The molecule has 3 heteroatoms. The van der Waals surface area contributed by atoms with Gasteiger partial charge >= 0.3 is 0 Å². The molecule has 0 saturated heterocycles. The summed E-state index contributed by atoms with van der Waals surface area (Å²) in [5.74, 6) is 0. The van der Waals surface area contributed by atoms with E-state index in [-0.39, 0.29) is 0 Å². The molecule has 12 aromatic rings. The van der Waals surface area contributed by atoms with Crippen LogP contribution in [0.15, 0.2) is 223 Å². The number of furan rings is 1. The highest BCUT2D eigenvalue weighted by Crippen LogP contribution is 2.48. The van der Waals surface area contributed by atoms with Crippen LogP contribution in [0.3, 0.4) is 0 Å². The second-order valence-electron chi connectivity index (χ2n) is 15.2. The summed E-state index contributed by atoms with van der Waals surface area (Å²) >= 11 is 0. The zero-order chi connectivity index (χ0) is 38.9. The van der Waals surface area contributed by atoms with E-state index >= 15 is 0 Å². The first-order valence-corrected chi connectivity index (χ1v) is 20.2. The summed E-state index contributed by atoms with van der Waals surface area (Å²) in [6.07, 6.45) is 0. The van der Waals surface area contributed by atoms with Gasteiger partial charge in [-0.25, -0.2) is 0 Å². The van der Waals surface area contributed by atoms with Crippen molar-refractivity contribution >= 4 is 82.4 Å². The van der Waals surface area contributed by atoms with Crippen LogP contribution >= 0.6 is 0 Å². The Morgan fingerprint density at radius 2 is 0.881 bits per heavy atom. The first-order valence-electron chi connectivity index (χ1n) is 20.2. The van der Waals surface area contributed by atoms with Gasteiger partial charge in [0, 0.05) is 43.7 Å². The molecule has 0 aliphatic carbocycles. The van der Waals surface area contributed by atoms with Gasteiger partial charge in [0.2, 0.25) is 0 Å². The van der Waals surface area contributed by atoms with Gasteiger partial charge in [0.15, 0.2) is 0 Å². The zero-order valence-electron chi connectivity index (χ0n) is 32.1. The van der Waals surface area contributed by atoms with Crippen molar-refractivity contribution in [2.45, 2.75) is 0 Å². The predicted octanol–water partition coefficient (Wildman–Crippen LogP) is 15.8. The van der Waals surface area contributed by atoms with E-state index in [0.717, 1.165) is 77.8 Å². The summed E-state index contributed by atoms with van der Waals surface area (Å²) in [6.45, 7) is 0. The van der Waals surface area contributed by atoms with Gasteiger partial charge in [-0.15, -0.1) is 0 Å². The van der Waals surface area contributed by atoms with Gasteiger partial charge in [0.25, 0.3) is 0 Å². The monoisotopic (exact) mass is 752 g/mol. The van der Waals surface area contributed by atoms with E-state index in [2.05, 4.69) is 228 Å². The average molecular weight is 753 g/mol. The van der Waals surface area contributed by atoms with Gasteiger partial charge in [-0.1, -0.05) is 170 Å². The molecule has 10 aromatic carbocycles. The van der Waals surface area contributed by atoms with Crippen molar-refractivity contribution < 1.29 is 4.42 Å². The fourth-order valence-electron chi connectivity index (χ4n) is 9.36. The SMILES string of the molecule is c1cc(-c2cccc3ccccc23)cc(N(c2ccccc2-c2cccc3c2oc2c4ccccc4ccc32)c2ccccc2-n2c3ccccc3c3ccccc32)c1. The highest BCUT2D eigenvalue weighted by Gasteiger charge is 2.24. The maximum Gasteiger partial charge on any atom is 0.143 e. The third-order valence-corrected chi connectivity index (χ3v) is 12.0. The molecule has 0 bridgehead atoms. The van der Waals surface area contributed by atoms with Gasteiger partial charge in [-0.05, 0) is 75.8 Å². The fourth-order valence-corrected chi connectivity index (χ4v) is 9.36. The Kier molecular flexibility index (Phi) is 7.54. The Balaban J connectivity index is 1.15. The van der Waals surface area contributed by atoms with E-state index in [4.69, 9.17) is 4.42 Å². The second kappa shape index (κ2) is 13.4. The third kappa shape index (κ3) is 5.22. The fraction of sp³-hybridized carbons (Fsp3) is 0. The topological polar surface area (TPSA) is 21.3 Å². The lowest BCUT2D eigenvalue weighted by Gasteiger charge is -2.30. The summed E-state index contributed by atoms with van der Waals surface area (Å²) in [5, 5.41) is 9.42. The first kappa shape index (κ1) is 33.3. The summed E-state index contributed by atoms with van der Waals surface area (Å²) in [7, 11) is 0. The molecular formula is C56H36N2O. The maximum absolute atomic E-state index is 6.97. The van der Waals surface area contributed by atoms with Crippen molar-refractivity contribution in [1.82, 2.24) is 4.57 Å². The average Bonchev–Trinajstić information content (AvgIpc) is 3.86. The van der Waals surface area contributed by atoms with Crippen LogP contribution in [0, 0.1) is 0 Å². The molecule has 0 aliphatic heterocycles. The number of hydrogen-bond acceptors (Lipinski definition) is 2. The summed E-state index contributed by atoms with van der Waals surface area (Å²) in [5.41, 5.74) is 12.9. The third-order valence-electron chi connectivity index (χ3n) is 12.0. The van der Waals surface area contributed by atoms with Gasteiger partial charge in [-0.2, -0.15) is 0 Å². The molecule has 12 rings (SSSR count). The molecule has 2 heterocycles. The molecule has 0 amide bonds.